The smallest absolute Gasteiger partial charge is 0.241 e. The van der Waals surface area contributed by atoms with E-state index in [1.807, 2.05) is 65.5 Å². The van der Waals surface area contributed by atoms with Crippen LogP contribution in [0.25, 0.3) is 11.1 Å². The summed E-state index contributed by atoms with van der Waals surface area (Å²) in [5.41, 5.74) is 9.76. The Balaban J connectivity index is 1.85. The van der Waals surface area contributed by atoms with E-state index in [-0.39, 0.29) is 0 Å². The summed E-state index contributed by atoms with van der Waals surface area (Å²) in [5.74, 6) is 0.633. The fourth-order valence-electron chi connectivity index (χ4n) is 2.56. The van der Waals surface area contributed by atoms with Crippen molar-refractivity contribution in [2.75, 3.05) is 26.4 Å². The molecular formula is C20H24N4O. The number of aromatic nitrogens is 2. The molecule has 2 aromatic carbocycles. The number of hydrogen-bond donors (Lipinski definition) is 1. The second kappa shape index (κ2) is 7.85. The number of nitrogens with two attached hydrogens (primary N) is 1. The summed E-state index contributed by atoms with van der Waals surface area (Å²) in [6.07, 6.45) is 2.03. The summed E-state index contributed by atoms with van der Waals surface area (Å²) in [5, 5.41) is 4.63. The lowest BCUT2D eigenvalue weighted by Gasteiger charge is -2.08. The number of anilines is 1. The molecule has 0 atom stereocenters. The maximum Gasteiger partial charge on any atom is 0.241 e. The highest BCUT2D eigenvalue weighted by molar-refractivity contribution is 5.71. The first kappa shape index (κ1) is 17.0. The van der Waals surface area contributed by atoms with E-state index in [4.69, 9.17) is 10.5 Å². The van der Waals surface area contributed by atoms with E-state index in [0.717, 1.165) is 35.5 Å². The van der Waals surface area contributed by atoms with Crippen molar-refractivity contribution in [3.63, 3.8) is 0 Å². The molecule has 0 fully saturated rings. The van der Waals surface area contributed by atoms with Gasteiger partial charge in [0.1, 0.15) is 6.61 Å². The first-order valence-electron chi connectivity index (χ1n) is 8.36. The number of benzene rings is 2. The zero-order valence-corrected chi connectivity index (χ0v) is 14.7. The number of hydrogen-bond acceptors (Lipinski definition) is 4. The van der Waals surface area contributed by atoms with Crippen LogP contribution >= 0.6 is 0 Å². The minimum absolute atomic E-state index is 0.487. The molecule has 0 unspecified atom stereocenters. The average Bonchev–Trinajstić information content (AvgIpc) is 3.02. The SMILES string of the molecule is CN(C)CCn1cc(-c2cccc(N)c2)c(OCc2ccccc2)n1. The van der Waals surface area contributed by atoms with Gasteiger partial charge >= 0.3 is 0 Å². The first-order valence-corrected chi connectivity index (χ1v) is 8.36. The fraction of sp³-hybridized carbons (Fsp3) is 0.250. The van der Waals surface area contributed by atoms with Crippen LogP contribution in [0.2, 0.25) is 0 Å². The third kappa shape index (κ3) is 4.61. The second-order valence-corrected chi connectivity index (χ2v) is 6.31. The molecule has 5 nitrogen and oxygen atoms in total. The van der Waals surface area contributed by atoms with Gasteiger partial charge in [0.05, 0.1) is 12.1 Å². The van der Waals surface area contributed by atoms with Crippen molar-refractivity contribution in [3.8, 4) is 17.0 Å². The Morgan fingerprint density at radius 2 is 1.88 bits per heavy atom. The summed E-state index contributed by atoms with van der Waals surface area (Å²) in [6, 6.07) is 17.9. The van der Waals surface area contributed by atoms with Gasteiger partial charge in [0.25, 0.3) is 0 Å². The molecule has 3 aromatic rings. The van der Waals surface area contributed by atoms with Gasteiger partial charge in [-0.1, -0.05) is 42.5 Å². The largest absolute Gasteiger partial charge is 0.471 e. The quantitative estimate of drug-likeness (QED) is 0.673. The highest BCUT2D eigenvalue weighted by Gasteiger charge is 2.13. The van der Waals surface area contributed by atoms with Gasteiger partial charge in [0, 0.05) is 18.4 Å². The van der Waals surface area contributed by atoms with Crippen LogP contribution in [0.3, 0.4) is 0 Å². The lowest BCUT2D eigenvalue weighted by Crippen LogP contribution is -2.18. The summed E-state index contributed by atoms with van der Waals surface area (Å²) in [6.45, 7) is 2.20. The van der Waals surface area contributed by atoms with Crippen molar-refractivity contribution in [1.82, 2.24) is 14.7 Å². The van der Waals surface area contributed by atoms with E-state index in [1.165, 1.54) is 0 Å². The Labute approximate surface area is 148 Å². The lowest BCUT2D eigenvalue weighted by atomic mass is 10.1. The molecule has 130 valence electrons. The van der Waals surface area contributed by atoms with Gasteiger partial charge in [0.15, 0.2) is 0 Å². The highest BCUT2D eigenvalue weighted by atomic mass is 16.5. The molecule has 1 heterocycles. The van der Waals surface area contributed by atoms with Crippen molar-refractivity contribution in [2.45, 2.75) is 13.2 Å². The number of rotatable bonds is 7. The summed E-state index contributed by atoms with van der Waals surface area (Å²) in [4.78, 5) is 2.13. The van der Waals surface area contributed by atoms with Gasteiger partial charge < -0.3 is 15.4 Å². The Hall–Kier alpha value is -2.79. The molecule has 0 aliphatic carbocycles. The maximum absolute atomic E-state index is 6.02. The standard InChI is InChI=1S/C20H24N4O/c1-23(2)11-12-24-14-19(17-9-6-10-18(21)13-17)20(22-24)25-15-16-7-4-3-5-8-16/h3-10,13-14H,11-12,15,21H2,1-2H3. The van der Waals surface area contributed by atoms with Gasteiger partial charge in [0.2, 0.25) is 5.88 Å². The van der Waals surface area contributed by atoms with Crippen LogP contribution in [-0.2, 0) is 13.2 Å². The molecule has 25 heavy (non-hydrogen) atoms. The van der Waals surface area contributed by atoms with E-state index in [1.54, 1.807) is 0 Å². The van der Waals surface area contributed by atoms with Crippen LogP contribution in [0.5, 0.6) is 5.88 Å². The molecule has 0 aliphatic rings. The minimum atomic E-state index is 0.487. The van der Waals surface area contributed by atoms with Gasteiger partial charge in [-0.25, -0.2) is 0 Å². The van der Waals surface area contributed by atoms with Crippen LogP contribution in [0.15, 0.2) is 60.8 Å². The number of nitrogens with zero attached hydrogens (tertiary/aromatic N) is 3. The normalized spacial score (nSPS) is 11.0. The van der Waals surface area contributed by atoms with Gasteiger partial charge in [-0.2, -0.15) is 0 Å². The lowest BCUT2D eigenvalue weighted by molar-refractivity contribution is 0.288. The summed E-state index contributed by atoms with van der Waals surface area (Å²) in [7, 11) is 4.10. The zero-order valence-electron chi connectivity index (χ0n) is 14.7. The fourth-order valence-corrected chi connectivity index (χ4v) is 2.56. The summed E-state index contributed by atoms with van der Waals surface area (Å²) < 4.78 is 7.95. The van der Waals surface area contributed by atoms with E-state index in [9.17, 15) is 0 Å². The zero-order chi connectivity index (χ0) is 17.6. The van der Waals surface area contributed by atoms with Gasteiger partial charge in [-0.3, -0.25) is 4.68 Å². The molecule has 0 bridgehead atoms. The van der Waals surface area contributed by atoms with Gasteiger partial charge in [-0.05, 0) is 37.4 Å². The van der Waals surface area contributed by atoms with Crippen LogP contribution in [0.1, 0.15) is 5.56 Å². The first-order chi connectivity index (χ1) is 12.1. The van der Waals surface area contributed by atoms with E-state index < -0.39 is 0 Å². The van der Waals surface area contributed by atoms with Crippen LogP contribution in [0, 0.1) is 0 Å². The monoisotopic (exact) mass is 336 g/mol. The molecule has 0 radical (unpaired) electrons. The Kier molecular flexibility index (Phi) is 5.36. The minimum Gasteiger partial charge on any atom is -0.471 e. The average molecular weight is 336 g/mol. The third-order valence-corrected chi connectivity index (χ3v) is 3.92. The molecule has 0 spiro atoms. The second-order valence-electron chi connectivity index (χ2n) is 6.31. The van der Waals surface area contributed by atoms with Crippen molar-refractivity contribution < 1.29 is 4.74 Å². The van der Waals surface area contributed by atoms with Crippen LogP contribution in [0.4, 0.5) is 5.69 Å². The molecule has 0 saturated carbocycles. The molecule has 0 amide bonds. The van der Waals surface area contributed by atoms with Crippen LogP contribution < -0.4 is 10.5 Å². The third-order valence-electron chi connectivity index (χ3n) is 3.92. The predicted octanol–water partition coefficient (Wildman–Crippen LogP) is 3.27. The Bertz CT molecular complexity index is 812. The molecule has 1 aromatic heterocycles. The molecule has 2 N–H and O–H groups in total. The van der Waals surface area contributed by atoms with E-state index >= 15 is 0 Å². The van der Waals surface area contributed by atoms with Crippen LogP contribution in [-0.4, -0.2) is 35.3 Å². The molecule has 5 heteroatoms. The van der Waals surface area contributed by atoms with Crippen molar-refractivity contribution in [1.29, 1.82) is 0 Å². The maximum atomic E-state index is 6.02. The van der Waals surface area contributed by atoms with Gasteiger partial charge in [-0.15, -0.1) is 5.10 Å². The number of likely N-dealkylation sites (N-methyl/N-ethyl adjacent to an activating group) is 1. The topological polar surface area (TPSA) is 56.3 Å². The number of ether oxygens (including phenoxy) is 1. The van der Waals surface area contributed by atoms with E-state index in [2.05, 4.69) is 24.1 Å². The Morgan fingerprint density at radius 3 is 2.60 bits per heavy atom. The molecule has 3 rings (SSSR count). The molecular weight excluding hydrogens is 312 g/mol. The van der Waals surface area contributed by atoms with Crippen molar-refractivity contribution in [3.05, 3.63) is 66.4 Å². The predicted molar refractivity (Wildman–Crippen MR) is 101 cm³/mol. The number of nitrogen functional groups attached to an aromatic ring is 1. The van der Waals surface area contributed by atoms with Crippen molar-refractivity contribution in [2.24, 2.45) is 0 Å². The molecule has 0 aliphatic heterocycles. The van der Waals surface area contributed by atoms with E-state index in [0.29, 0.717) is 12.5 Å². The molecule has 0 saturated heterocycles. The Morgan fingerprint density at radius 1 is 1.08 bits per heavy atom. The highest BCUT2D eigenvalue weighted by Crippen LogP contribution is 2.30. The summed E-state index contributed by atoms with van der Waals surface area (Å²) >= 11 is 0. The van der Waals surface area contributed by atoms with Crippen molar-refractivity contribution >= 4 is 5.69 Å².